The average molecular weight is 316 g/mol. The van der Waals surface area contributed by atoms with E-state index in [-0.39, 0.29) is 24.8 Å². The third kappa shape index (κ3) is 3.93. The zero-order valence-corrected chi connectivity index (χ0v) is 13.0. The number of aromatic nitrogens is 1. The molecule has 0 radical (unpaired) electrons. The minimum Gasteiger partial charge on any atom is -0.341 e. The smallest absolute Gasteiger partial charge is 0.242 e. The summed E-state index contributed by atoms with van der Waals surface area (Å²) in [6.07, 6.45) is 2.35. The molecule has 1 aliphatic rings. The summed E-state index contributed by atoms with van der Waals surface area (Å²) in [5.41, 5.74) is 0.787. The molecule has 7 heteroatoms. The number of carbonyl (C=O) groups excluding carboxylic acids is 2. The summed E-state index contributed by atoms with van der Waals surface area (Å²) in [5.74, 6) is 0.292. The Labute approximate surface area is 127 Å². The van der Waals surface area contributed by atoms with Gasteiger partial charge in [-0.05, 0) is 12.8 Å². The maximum Gasteiger partial charge on any atom is 0.242 e. The van der Waals surface area contributed by atoms with E-state index in [1.54, 1.807) is 7.05 Å². The van der Waals surface area contributed by atoms with Crippen molar-refractivity contribution in [1.29, 1.82) is 0 Å². The molecule has 0 bridgehead atoms. The molecule has 0 aliphatic carbocycles. The van der Waals surface area contributed by atoms with E-state index in [0.29, 0.717) is 5.88 Å². The number of hydrogen-bond acceptors (Lipinski definition) is 4. The summed E-state index contributed by atoms with van der Waals surface area (Å²) in [4.78, 5) is 31.6. The molecule has 1 aliphatic heterocycles. The molecule has 5 nitrogen and oxygen atoms in total. The quantitative estimate of drug-likeness (QED) is 0.774. The van der Waals surface area contributed by atoms with Crippen LogP contribution in [0.25, 0.3) is 0 Å². The highest BCUT2D eigenvalue weighted by molar-refractivity contribution is 7.09. The molecule has 2 heterocycles. The summed E-state index contributed by atoms with van der Waals surface area (Å²) in [6.45, 7) is 1.77. The minimum absolute atomic E-state index is 0.0268. The lowest BCUT2D eigenvalue weighted by atomic mass is 10.3. The van der Waals surface area contributed by atoms with Crippen molar-refractivity contribution in [1.82, 2.24) is 14.8 Å². The van der Waals surface area contributed by atoms with Gasteiger partial charge in [-0.25, -0.2) is 4.98 Å². The van der Waals surface area contributed by atoms with Gasteiger partial charge < -0.3 is 9.80 Å². The SMILES string of the molecule is CN(CC(=O)N1CCCC1)C(=O)Cc1nc(CCl)cs1. The van der Waals surface area contributed by atoms with Crippen molar-refractivity contribution in [3.63, 3.8) is 0 Å². The number of likely N-dealkylation sites (tertiary alicyclic amines) is 1. The lowest BCUT2D eigenvalue weighted by Crippen LogP contribution is -2.40. The minimum atomic E-state index is -0.0898. The van der Waals surface area contributed by atoms with Gasteiger partial charge in [0.15, 0.2) is 0 Å². The highest BCUT2D eigenvalue weighted by Gasteiger charge is 2.21. The standard InChI is InChI=1S/C13H18ClN3O2S/c1-16(8-13(19)17-4-2-3-5-17)12(18)6-11-15-10(7-14)9-20-11/h9H,2-8H2,1H3. The molecule has 2 rings (SSSR count). The van der Waals surface area contributed by atoms with Gasteiger partial charge in [0.1, 0.15) is 5.01 Å². The number of hydrogen-bond donors (Lipinski definition) is 0. The van der Waals surface area contributed by atoms with Crippen LogP contribution in [0.15, 0.2) is 5.38 Å². The fraction of sp³-hybridized carbons (Fsp3) is 0.615. The monoisotopic (exact) mass is 315 g/mol. The predicted molar refractivity (Wildman–Crippen MR) is 78.8 cm³/mol. The van der Waals surface area contributed by atoms with Crippen molar-refractivity contribution >= 4 is 34.8 Å². The van der Waals surface area contributed by atoms with Crippen molar-refractivity contribution in [3.05, 3.63) is 16.1 Å². The molecule has 1 saturated heterocycles. The Bertz CT molecular complexity index is 486. The first-order chi connectivity index (χ1) is 9.60. The zero-order valence-electron chi connectivity index (χ0n) is 11.5. The van der Waals surface area contributed by atoms with Crippen LogP contribution in [-0.2, 0) is 21.9 Å². The molecule has 0 aromatic carbocycles. The van der Waals surface area contributed by atoms with Crippen LogP contribution in [0.4, 0.5) is 0 Å². The Morgan fingerprint density at radius 1 is 1.45 bits per heavy atom. The molecule has 20 heavy (non-hydrogen) atoms. The van der Waals surface area contributed by atoms with Crippen LogP contribution in [0.3, 0.4) is 0 Å². The van der Waals surface area contributed by atoms with E-state index in [1.807, 2.05) is 10.3 Å². The fourth-order valence-corrected chi connectivity index (χ4v) is 3.13. The Hall–Kier alpha value is -1.14. The van der Waals surface area contributed by atoms with Crippen LogP contribution in [0, 0.1) is 0 Å². The summed E-state index contributed by atoms with van der Waals surface area (Å²) < 4.78 is 0. The third-order valence-electron chi connectivity index (χ3n) is 3.30. The molecule has 1 fully saturated rings. The topological polar surface area (TPSA) is 53.5 Å². The van der Waals surface area contributed by atoms with Crippen molar-refractivity contribution in [2.45, 2.75) is 25.1 Å². The number of rotatable bonds is 5. The molecular weight excluding hydrogens is 298 g/mol. The third-order valence-corrected chi connectivity index (χ3v) is 4.47. The summed E-state index contributed by atoms with van der Waals surface area (Å²) in [7, 11) is 1.66. The molecule has 2 amide bonds. The summed E-state index contributed by atoms with van der Waals surface area (Å²) in [5, 5.41) is 2.59. The number of amides is 2. The molecule has 0 saturated carbocycles. The number of nitrogens with zero attached hydrogens (tertiary/aromatic N) is 3. The van der Waals surface area contributed by atoms with Gasteiger partial charge in [0, 0.05) is 25.5 Å². The van der Waals surface area contributed by atoms with Gasteiger partial charge in [-0.15, -0.1) is 22.9 Å². The van der Waals surface area contributed by atoms with E-state index >= 15 is 0 Å². The first kappa shape index (κ1) is 15.3. The Morgan fingerprint density at radius 2 is 2.15 bits per heavy atom. The van der Waals surface area contributed by atoms with E-state index in [9.17, 15) is 9.59 Å². The second kappa shape index (κ2) is 7.04. The zero-order chi connectivity index (χ0) is 14.5. The van der Waals surface area contributed by atoms with Crippen LogP contribution in [0.5, 0.6) is 0 Å². The van der Waals surface area contributed by atoms with Crippen molar-refractivity contribution in [2.24, 2.45) is 0 Å². The second-order valence-corrected chi connectivity index (χ2v) is 6.09. The van der Waals surface area contributed by atoms with E-state index in [1.165, 1.54) is 16.2 Å². The molecule has 1 aromatic rings. The first-order valence-electron chi connectivity index (χ1n) is 6.61. The summed E-state index contributed by atoms with van der Waals surface area (Å²) in [6, 6.07) is 0. The van der Waals surface area contributed by atoms with Gasteiger partial charge >= 0.3 is 0 Å². The average Bonchev–Trinajstić information content (AvgIpc) is 3.09. The first-order valence-corrected chi connectivity index (χ1v) is 8.02. The summed E-state index contributed by atoms with van der Waals surface area (Å²) >= 11 is 7.11. The second-order valence-electron chi connectivity index (χ2n) is 4.88. The van der Waals surface area contributed by atoms with E-state index in [4.69, 9.17) is 11.6 Å². The van der Waals surface area contributed by atoms with Crippen LogP contribution >= 0.6 is 22.9 Å². The molecule has 0 unspecified atom stereocenters. The van der Waals surface area contributed by atoms with E-state index < -0.39 is 0 Å². The lowest BCUT2D eigenvalue weighted by molar-refractivity contribution is -0.138. The van der Waals surface area contributed by atoms with Crippen molar-refractivity contribution < 1.29 is 9.59 Å². The molecule has 110 valence electrons. The number of likely N-dealkylation sites (N-methyl/N-ethyl adjacent to an activating group) is 1. The van der Waals surface area contributed by atoms with Gasteiger partial charge in [0.2, 0.25) is 11.8 Å². The Balaban J connectivity index is 1.83. The Morgan fingerprint density at radius 3 is 2.75 bits per heavy atom. The van der Waals surface area contributed by atoms with E-state index in [0.717, 1.165) is 36.6 Å². The molecule has 0 spiro atoms. The maximum atomic E-state index is 12.0. The van der Waals surface area contributed by atoms with Crippen LogP contribution in [0.1, 0.15) is 23.5 Å². The van der Waals surface area contributed by atoms with Crippen molar-refractivity contribution in [3.8, 4) is 0 Å². The largest absolute Gasteiger partial charge is 0.341 e. The molecule has 0 atom stereocenters. The van der Waals surface area contributed by atoms with Crippen LogP contribution < -0.4 is 0 Å². The highest BCUT2D eigenvalue weighted by atomic mass is 35.5. The number of thiazole rings is 1. The van der Waals surface area contributed by atoms with Gasteiger partial charge in [0.25, 0.3) is 0 Å². The normalized spacial score (nSPS) is 14.6. The van der Waals surface area contributed by atoms with Gasteiger partial charge in [0.05, 0.1) is 24.5 Å². The highest BCUT2D eigenvalue weighted by Crippen LogP contribution is 2.13. The molecule has 1 aromatic heterocycles. The van der Waals surface area contributed by atoms with Crippen LogP contribution in [-0.4, -0.2) is 53.3 Å². The fourth-order valence-electron chi connectivity index (χ4n) is 2.11. The molecular formula is C13H18ClN3O2S. The van der Waals surface area contributed by atoms with Gasteiger partial charge in [-0.1, -0.05) is 0 Å². The number of halogens is 1. The van der Waals surface area contributed by atoms with Crippen molar-refractivity contribution in [2.75, 3.05) is 26.7 Å². The Kier molecular flexibility index (Phi) is 5.37. The van der Waals surface area contributed by atoms with E-state index in [2.05, 4.69) is 4.98 Å². The molecule has 0 N–H and O–H groups in total. The van der Waals surface area contributed by atoms with Gasteiger partial charge in [-0.2, -0.15) is 0 Å². The lowest BCUT2D eigenvalue weighted by Gasteiger charge is -2.21. The number of carbonyl (C=O) groups is 2. The predicted octanol–water partition coefficient (Wildman–Crippen LogP) is 1.51. The van der Waals surface area contributed by atoms with Crippen LogP contribution in [0.2, 0.25) is 0 Å². The maximum absolute atomic E-state index is 12.0. The van der Waals surface area contributed by atoms with Gasteiger partial charge in [-0.3, -0.25) is 9.59 Å². The number of alkyl halides is 1.